The maximum absolute atomic E-state index is 13.0. The molecule has 0 saturated carbocycles. The monoisotopic (exact) mass is 454 g/mol. The fourth-order valence-corrected chi connectivity index (χ4v) is 4.59. The molecule has 4 amide bonds. The third-order valence-electron chi connectivity index (χ3n) is 6.34. The molecule has 32 heavy (non-hydrogen) atoms. The summed E-state index contributed by atoms with van der Waals surface area (Å²) in [5, 5.41) is 5.78. The highest BCUT2D eigenvalue weighted by Gasteiger charge is 2.47. The van der Waals surface area contributed by atoms with E-state index in [2.05, 4.69) is 22.5 Å². The zero-order chi connectivity index (χ0) is 22.9. The topological polar surface area (TPSA) is 81.8 Å². The van der Waals surface area contributed by atoms with E-state index in [1.165, 1.54) is 0 Å². The van der Waals surface area contributed by atoms with Crippen molar-refractivity contribution in [1.82, 2.24) is 15.5 Å². The molecule has 7 nitrogen and oxygen atoms in total. The van der Waals surface area contributed by atoms with E-state index in [1.54, 1.807) is 0 Å². The molecule has 4 rings (SSSR count). The van der Waals surface area contributed by atoms with Crippen LogP contribution in [0.1, 0.15) is 29.5 Å². The van der Waals surface area contributed by atoms with Gasteiger partial charge < -0.3 is 15.1 Å². The van der Waals surface area contributed by atoms with Crippen LogP contribution >= 0.6 is 11.6 Å². The van der Waals surface area contributed by atoms with Gasteiger partial charge in [0.15, 0.2) is 0 Å². The Labute approximate surface area is 192 Å². The predicted octanol–water partition coefficient (Wildman–Crippen LogP) is 3.12. The van der Waals surface area contributed by atoms with Gasteiger partial charge in [-0.15, -0.1) is 0 Å². The first kappa shape index (κ1) is 22.1. The first-order valence-corrected chi connectivity index (χ1v) is 11.2. The zero-order valence-corrected chi connectivity index (χ0v) is 19.0. The van der Waals surface area contributed by atoms with Crippen molar-refractivity contribution in [2.24, 2.45) is 0 Å². The number of aryl methyl sites for hydroxylation is 2. The van der Waals surface area contributed by atoms with Gasteiger partial charge in [-0.2, -0.15) is 0 Å². The van der Waals surface area contributed by atoms with Crippen LogP contribution < -0.4 is 15.5 Å². The van der Waals surface area contributed by atoms with Gasteiger partial charge in [-0.05, 0) is 43.5 Å². The number of anilines is 1. The number of halogens is 1. The molecule has 2 fully saturated rings. The smallest absolute Gasteiger partial charge is 0.322 e. The van der Waals surface area contributed by atoms with Crippen LogP contribution in [0, 0.1) is 13.8 Å². The van der Waals surface area contributed by atoms with Crippen LogP contribution in [0.4, 0.5) is 10.5 Å². The Morgan fingerprint density at radius 3 is 2.34 bits per heavy atom. The van der Waals surface area contributed by atoms with E-state index in [4.69, 9.17) is 11.6 Å². The molecule has 0 radical (unpaired) electrons. The van der Waals surface area contributed by atoms with E-state index in [0.29, 0.717) is 36.8 Å². The Kier molecular flexibility index (Phi) is 6.11. The highest BCUT2D eigenvalue weighted by Crippen LogP contribution is 2.31. The fourth-order valence-electron chi connectivity index (χ4n) is 4.43. The van der Waals surface area contributed by atoms with E-state index < -0.39 is 17.5 Å². The first-order valence-electron chi connectivity index (χ1n) is 10.8. The molecule has 0 spiro atoms. The fraction of sp³-hybridized carbons (Fsp3) is 0.375. The average molecular weight is 455 g/mol. The molecule has 2 aliphatic heterocycles. The van der Waals surface area contributed by atoms with Crippen molar-refractivity contribution < 1.29 is 14.4 Å². The molecule has 2 aromatic carbocycles. The quantitative estimate of drug-likeness (QED) is 0.680. The largest absolute Gasteiger partial charge is 0.368 e. The summed E-state index contributed by atoms with van der Waals surface area (Å²) in [6, 6.07) is 12.8. The van der Waals surface area contributed by atoms with Crippen LogP contribution in [0.3, 0.4) is 0 Å². The summed E-state index contributed by atoms with van der Waals surface area (Å²) in [6.45, 7) is 6.63. The summed E-state index contributed by atoms with van der Waals surface area (Å²) < 4.78 is 0. The minimum atomic E-state index is -1.22. The van der Waals surface area contributed by atoms with Gasteiger partial charge in [0.1, 0.15) is 5.54 Å². The van der Waals surface area contributed by atoms with Gasteiger partial charge in [0.2, 0.25) is 5.91 Å². The second kappa shape index (κ2) is 8.82. The predicted molar refractivity (Wildman–Crippen MR) is 124 cm³/mol. The van der Waals surface area contributed by atoms with E-state index in [1.807, 2.05) is 54.3 Å². The van der Waals surface area contributed by atoms with Gasteiger partial charge in [0.05, 0.1) is 0 Å². The number of rotatable bonds is 5. The van der Waals surface area contributed by atoms with E-state index in [-0.39, 0.29) is 18.7 Å². The molecule has 0 unspecified atom stereocenters. The Bertz CT molecular complexity index is 1050. The van der Waals surface area contributed by atoms with Crippen molar-refractivity contribution >= 4 is 35.1 Å². The van der Waals surface area contributed by atoms with Crippen molar-refractivity contribution in [1.29, 1.82) is 0 Å². The maximum atomic E-state index is 13.0. The molecule has 168 valence electrons. The third kappa shape index (κ3) is 4.30. The van der Waals surface area contributed by atoms with Crippen molar-refractivity contribution in [3.63, 3.8) is 0 Å². The lowest BCUT2D eigenvalue weighted by atomic mass is 9.85. The molecular weight excluding hydrogens is 428 g/mol. The van der Waals surface area contributed by atoms with Gasteiger partial charge in [-0.3, -0.25) is 14.9 Å². The summed E-state index contributed by atoms with van der Waals surface area (Å²) in [5.74, 6) is -0.437. The lowest BCUT2D eigenvalue weighted by Gasteiger charge is -2.37. The number of nitrogens with one attached hydrogen (secondary N) is 2. The molecule has 2 aromatic rings. The van der Waals surface area contributed by atoms with Gasteiger partial charge in [0.25, 0.3) is 5.91 Å². The number of piperazine rings is 1. The number of imide groups is 1. The maximum Gasteiger partial charge on any atom is 0.322 e. The molecule has 1 atom stereocenters. The number of carbonyl (C=O) groups excluding carboxylic acids is 3. The van der Waals surface area contributed by atoms with Crippen molar-refractivity contribution in [3.05, 3.63) is 64.2 Å². The van der Waals surface area contributed by atoms with Gasteiger partial charge in [-0.25, -0.2) is 4.79 Å². The third-order valence-corrected chi connectivity index (χ3v) is 6.58. The molecule has 2 saturated heterocycles. The second-order valence-corrected chi connectivity index (χ2v) is 8.91. The van der Waals surface area contributed by atoms with Crippen LogP contribution in [0.5, 0.6) is 0 Å². The average Bonchev–Trinajstić information content (AvgIpc) is 3.08. The number of hydrogen-bond donors (Lipinski definition) is 2. The van der Waals surface area contributed by atoms with E-state index in [9.17, 15) is 14.4 Å². The standard InChI is InChI=1S/C24H27ClN4O3/c1-16-3-6-18(7-4-16)24(22(31)26-23(32)27-24)10-9-21(30)29-13-11-28(12-14-29)20-15-19(25)8-5-17(20)2/h3-8,15H,9-14H2,1-2H3,(H2,26,27,31,32)/t24-/m0/s1. The number of urea groups is 1. The van der Waals surface area contributed by atoms with Crippen molar-refractivity contribution in [2.45, 2.75) is 32.2 Å². The van der Waals surface area contributed by atoms with Crippen molar-refractivity contribution in [2.75, 3.05) is 31.1 Å². The van der Waals surface area contributed by atoms with Gasteiger partial charge >= 0.3 is 6.03 Å². The van der Waals surface area contributed by atoms with Crippen LogP contribution in [0.2, 0.25) is 5.02 Å². The minimum Gasteiger partial charge on any atom is -0.368 e. The van der Waals surface area contributed by atoms with Gasteiger partial charge in [0, 0.05) is 43.3 Å². The SMILES string of the molecule is Cc1ccc([C@]2(CCC(=O)N3CCN(c4cc(Cl)ccc4C)CC3)NC(=O)NC2=O)cc1. The Morgan fingerprint density at radius 2 is 1.72 bits per heavy atom. The Morgan fingerprint density at radius 1 is 1.03 bits per heavy atom. The molecular formula is C24H27ClN4O3. The van der Waals surface area contributed by atoms with Gasteiger partial charge in [-0.1, -0.05) is 47.5 Å². The summed E-state index contributed by atoms with van der Waals surface area (Å²) in [7, 11) is 0. The number of nitrogens with zero attached hydrogens (tertiary/aromatic N) is 2. The molecule has 2 aliphatic rings. The second-order valence-electron chi connectivity index (χ2n) is 8.48. The molecule has 8 heteroatoms. The molecule has 0 bridgehead atoms. The normalized spacial score (nSPS) is 20.8. The number of hydrogen-bond acceptors (Lipinski definition) is 4. The van der Waals surface area contributed by atoms with Crippen LogP contribution in [-0.4, -0.2) is 48.9 Å². The van der Waals surface area contributed by atoms with Crippen LogP contribution in [0.25, 0.3) is 0 Å². The van der Waals surface area contributed by atoms with E-state index in [0.717, 1.165) is 16.8 Å². The van der Waals surface area contributed by atoms with Crippen molar-refractivity contribution in [3.8, 4) is 0 Å². The summed E-state index contributed by atoms with van der Waals surface area (Å²) >= 11 is 6.16. The lowest BCUT2D eigenvalue weighted by Crippen LogP contribution is -2.50. The first-order chi connectivity index (χ1) is 15.3. The molecule has 0 aliphatic carbocycles. The summed E-state index contributed by atoms with van der Waals surface area (Å²) in [4.78, 5) is 41.7. The molecule has 2 heterocycles. The Balaban J connectivity index is 1.41. The Hall–Kier alpha value is -3.06. The van der Waals surface area contributed by atoms with Crippen LogP contribution in [0.15, 0.2) is 42.5 Å². The lowest BCUT2D eigenvalue weighted by molar-refractivity contribution is -0.132. The van der Waals surface area contributed by atoms with E-state index >= 15 is 0 Å². The van der Waals surface area contributed by atoms with Crippen LogP contribution in [-0.2, 0) is 15.1 Å². The summed E-state index contributed by atoms with van der Waals surface area (Å²) in [6.07, 6.45) is 0.373. The zero-order valence-electron chi connectivity index (χ0n) is 18.3. The number of benzene rings is 2. The minimum absolute atomic E-state index is 0.0205. The highest BCUT2D eigenvalue weighted by atomic mass is 35.5. The number of amides is 4. The number of carbonyl (C=O) groups is 3. The molecule has 0 aromatic heterocycles. The highest BCUT2D eigenvalue weighted by molar-refractivity contribution is 6.30. The summed E-state index contributed by atoms with van der Waals surface area (Å²) in [5.41, 5.74) is 2.75. The molecule has 2 N–H and O–H groups in total.